The van der Waals surface area contributed by atoms with E-state index in [0.29, 0.717) is 0 Å². The van der Waals surface area contributed by atoms with Crippen LogP contribution in [0.5, 0.6) is 0 Å². The van der Waals surface area contributed by atoms with Crippen LogP contribution in [0.4, 0.5) is 0 Å². The van der Waals surface area contributed by atoms with E-state index in [1.165, 1.54) is 43.6 Å². The number of piperidine rings is 1. The van der Waals surface area contributed by atoms with Gasteiger partial charge in [-0.05, 0) is 96.8 Å². The molecule has 24 heavy (non-hydrogen) atoms. The van der Waals surface area contributed by atoms with Crippen LogP contribution in [0.2, 0.25) is 0 Å². The van der Waals surface area contributed by atoms with Crippen molar-refractivity contribution in [3.8, 4) is 0 Å². The van der Waals surface area contributed by atoms with Crippen LogP contribution in [0, 0.1) is 17.8 Å². The molecule has 0 spiro atoms. The maximum absolute atomic E-state index is 12.4. The molecule has 1 radical (unpaired) electrons. The summed E-state index contributed by atoms with van der Waals surface area (Å²) in [6.07, 6.45) is 9.70. The zero-order valence-electron chi connectivity index (χ0n) is 15.7. The number of hydroxylamine groups is 2. The van der Waals surface area contributed by atoms with Crippen molar-refractivity contribution >= 4 is 6.01 Å². The van der Waals surface area contributed by atoms with E-state index < -0.39 is 0 Å². The number of hydrogen-bond acceptors (Lipinski definition) is 3. The molecule has 133 valence electrons. The molecular weight excluding hydrogens is 298 g/mol. The summed E-state index contributed by atoms with van der Waals surface area (Å²) in [5.74, 6) is 2.72. The first kappa shape index (κ1) is 16.8. The van der Waals surface area contributed by atoms with Crippen molar-refractivity contribution in [1.82, 2.24) is 5.06 Å². The molecule has 1 aliphatic heterocycles. The molecule has 4 bridgehead atoms. The Bertz CT molecular complexity index is 520. The number of rotatable bonds is 2. The van der Waals surface area contributed by atoms with Crippen LogP contribution in [-0.4, -0.2) is 33.7 Å². The van der Waals surface area contributed by atoms with E-state index in [0.717, 1.165) is 30.6 Å². The lowest BCUT2D eigenvalue weighted by atomic mass is 9.53. The van der Waals surface area contributed by atoms with Crippen molar-refractivity contribution in [2.24, 2.45) is 27.7 Å². The van der Waals surface area contributed by atoms with Gasteiger partial charge in [-0.1, -0.05) is 0 Å². The molecule has 0 atom stereocenters. The number of hydrogen-bond donors (Lipinski definition) is 0. The van der Waals surface area contributed by atoms with Gasteiger partial charge in [-0.2, -0.15) is 0 Å². The fraction of sp³-hybridized carbons (Fsp3) is 0.950. The quantitative estimate of drug-likeness (QED) is 0.688. The second kappa shape index (κ2) is 5.40. The number of nitrogens with zero attached hydrogens (tertiary/aromatic N) is 3. The lowest BCUT2D eigenvalue weighted by molar-refractivity contribution is -0.288. The second-order valence-electron chi connectivity index (χ2n) is 10.5. The third-order valence-electron chi connectivity index (χ3n) is 7.10. The first-order valence-corrected chi connectivity index (χ1v) is 9.82. The molecule has 4 nitrogen and oxygen atoms in total. The van der Waals surface area contributed by atoms with Crippen LogP contribution in [0.3, 0.4) is 0 Å². The molecule has 0 aromatic rings. The first-order valence-electron chi connectivity index (χ1n) is 9.82. The van der Waals surface area contributed by atoms with E-state index >= 15 is 0 Å². The van der Waals surface area contributed by atoms with Gasteiger partial charge in [0.15, 0.2) is 0 Å². The monoisotopic (exact) mass is 330 g/mol. The Morgan fingerprint density at radius 3 is 1.75 bits per heavy atom. The summed E-state index contributed by atoms with van der Waals surface area (Å²) in [6, 6.07) is 3.30. The normalized spacial score (nSPS) is 43.5. The molecule has 5 aliphatic rings. The van der Waals surface area contributed by atoms with E-state index in [1.807, 2.05) is 27.7 Å². The molecule has 0 aromatic heterocycles. The topological polar surface area (TPSA) is 47.9 Å². The highest BCUT2D eigenvalue weighted by atomic mass is 16.5. The summed E-state index contributed by atoms with van der Waals surface area (Å²) >= 11 is 0. The van der Waals surface area contributed by atoms with Crippen LogP contribution >= 0.6 is 0 Å². The van der Waals surface area contributed by atoms with Gasteiger partial charge in [-0.3, -0.25) is 0 Å². The van der Waals surface area contributed by atoms with E-state index in [2.05, 4.69) is 6.01 Å². The van der Waals surface area contributed by atoms with Gasteiger partial charge in [0.2, 0.25) is 0 Å². The average Bonchev–Trinajstić information content (AvgIpc) is 2.42. The van der Waals surface area contributed by atoms with Crippen molar-refractivity contribution in [2.75, 3.05) is 0 Å². The summed E-state index contributed by atoms with van der Waals surface area (Å²) < 4.78 is 0. The number of aliphatic imine (C=N–C) groups is 2. The van der Waals surface area contributed by atoms with Crippen molar-refractivity contribution in [3.05, 3.63) is 0 Å². The lowest BCUT2D eigenvalue weighted by Gasteiger charge is -2.54. The Morgan fingerprint density at radius 2 is 1.29 bits per heavy atom. The minimum absolute atomic E-state index is 0.155. The Balaban J connectivity index is 1.50. The van der Waals surface area contributed by atoms with Crippen molar-refractivity contribution < 1.29 is 5.21 Å². The Labute approximate surface area is 146 Å². The van der Waals surface area contributed by atoms with E-state index in [-0.39, 0.29) is 22.7 Å². The Kier molecular flexibility index (Phi) is 3.77. The summed E-state index contributed by atoms with van der Waals surface area (Å²) in [4.78, 5) is 9.62. The van der Waals surface area contributed by atoms with Gasteiger partial charge in [0.25, 0.3) is 0 Å². The van der Waals surface area contributed by atoms with E-state index in [1.54, 1.807) is 0 Å². The third kappa shape index (κ3) is 2.87. The molecule has 4 saturated carbocycles. The van der Waals surface area contributed by atoms with Gasteiger partial charge in [0, 0.05) is 11.1 Å². The largest absolute Gasteiger partial charge is 0.222 e. The molecular formula is C20H32N3O. The van der Waals surface area contributed by atoms with E-state index in [4.69, 9.17) is 9.98 Å². The molecule has 5 rings (SSSR count). The predicted octanol–water partition coefficient (Wildman–Crippen LogP) is 4.50. The minimum Gasteiger partial charge on any atom is -0.222 e. The third-order valence-corrected chi connectivity index (χ3v) is 7.10. The van der Waals surface area contributed by atoms with Gasteiger partial charge in [-0.15, -0.1) is 10.3 Å². The van der Waals surface area contributed by atoms with Gasteiger partial charge in [-0.25, -0.2) is 9.98 Å². The van der Waals surface area contributed by atoms with Gasteiger partial charge in [0.1, 0.15) is 0 Å². The van der Waals surface area contributed by atoms with Crippen molar-refractivity contribution in [2.45, 2.75) is 102 Å². The summed E-state index contributed by atoms with van der Waals surface area (Å²) in [6.45, 7) is 8.11. The molecule has 4 heteroatoms. The van der Waals surface area contributed by atoms with Gasteiger partial charge < -0.3 is 0 Å². The van der Waals surface area contributed by atoms with Crippen LogP contribution in [0.25, 0.3) is 0 Å². The molecule has 0 aromatic carbocycles. The highest BCUT2D eigenvalue weighted by molar-refractivity contribution is 5.43. The van der Waals surface area contributed by atoms with Crippen molar-refractivity contribution in [1.29, 1.82) is 0 Å². The molecule has 0 N–H and O–H groups in total. The summed E-state index contributed by atoms with van der Waals surface area (Å²) in [7, 11) is 0. The predicted molar refractivity (Wildman–Crippen MR) is 94.5 cm³/mol. The van der Waals surface area contributed by atoms with Gasteiger partial charge >= 0.3 is 0 Å². The molecule has 5 fully saturated rings. The molecule has 1 saturated heterocycles. The molecule has 0 amide bonds. The highest BCUT2D eigenvalue weighted by Gasteiger charge is 2.51. The van der Waals surface area contributed by atoms with Gasteiger partial charge in [0.05, 0.1) is 17.6 Å². The zero-order chi connectivity index (χ0) is 17.2. The fourth-order valence-corrected chi connectivity index (χ4v) is 6.72. The smallest absolute Gasteiger partial charge is 0.0901 e. The van der Waals surface area contributed by atoms with E-state index in [9.17, 15) is 5.21 Å². The molecule has 1 heterocycles. The SMILES string of the molecule is CC1(C)CC(N=C=NC23CC4CC(CC(C4)C2)C3)CC(C)(C)N1[O]. The highest BCUT2D eigenvalue weighted by Crippen LogP contribution is 2.57. The van der Waals surface area contributed by atoms with Crippen molar-refractivity contribution in [3.63, 3.8) is 0 Å². The standard InChI is InChI=1S/C20H32N3O/c1-18(2)11-17(12-19(3,4)23(18)24)21-13-22-20-8-14-5-15(9-20)7-16(6-14)10-20/h14-17H,5-12H2,1-4H3. The minimum atomic E-state index is -0.363. The Hall–Kier alpha value is -0.700. The molecule has 0 unspecified atom stereocenters. The van der Waals surface area contributed by atoms with Crippen LogP contribution in [0.15, 0.2) is 9.98 Å². The average molecular weight is 330 g/mol. The molecule has 4 aliphatic carbocycles. The fourth-order valence-electron chi connectivity index (χ4n) is 6.72. The first-order chi connectivity index (χ1) is 11.2. The maximum Gasteiger partial charge on any atom is 0.0901 e. The zero-order valence-corrected chi connectivity index (χ0v) is 15.7. The maximum atomic E-state index is 12.4. The summed E-state index contributed by atoms with van der Waals surface area (Å²) in [5.41, 5.74) is -0.570. The van der Waals surface area contributed by atoms with Crippen LogP contribution in [0.1, 0.15) is 79.1 Å². The second-order valence-corrected chi connectivity index (χ2v) is 10.5. The summed E-state index contributed by atoms with van der Waals surface area (Å²) in [5, 5.41) is 13.7. The Morgan fingerprint density at radius 1 is 0.833 bits per heavy atom. The van der Waals surface area contributed by atoms with Crippen LogP contribution < -0.4 is 0 Å². The van der Waals surface area contributed by atoms with Crippen LogP contribution in [-0.2, 0) is 5.21 Å². The lowest BCUT2D eigenvalue weighted by Crippen LogP contribution is -2.59.